The molecular weight excluding hydrogens is 533 g/mol. The van der Waals surface area contributed by atoms with Crippen molar-refractivity contribution in [2.45, 2.75) is 57.2 Å². The van der Waals surface area contributed by atoms with E-state index >= 15 is 0 Å². The molecule has 2 aliphatic heterocycles. The number of benzene rings is 2. The predicted molar refractivity (Wildman–Crippen MR) is 145 cm³/mol. The van der Waals surface area contributed by atoms with Gasteiger partial charge < -0.3 is 15.1 Å². The number of likely N-dealkylation sites (tertiary alicyclic amines) is 2. The molecule has 2 aromatic rings. The smallest absolute Gasteiger partial charge is 0.382 e. The van der Waals surface area contributed by atoms with Crippen LogP contribution in [0.15, 0.2) is 42.5 Å². The van der Waals surface area contributed by atoms with Gasteiger partial charge in [0.1, 0.15) is 5.56 Å². The average molecular weight is 567 g/mol. The van der Waals surface area contributed by atoms with Crippen LogP contribution in [0.25, 0.3) is 0 Å². The maximum absolute atomic E-state index is 13.3. The van der Waals surface area contributed by atoms with E-state index in [-0.39, 0.29) is 17.6 Å². The molecule has 1 N–H and O–H groups in total. The number of nitro benzene ring substituents is 1. The first-order valence-electron chi connectivity index (χ1n) is 13.4. The summed E-state index contributed by atoms with van der Waals surface area (Å²) in [6.07, 6.45) is 1.05. The number of halogens is 4. The molecule has 2 aliphatic rings. The van der Waals surface area contributed by atoms with E-state index in [1.54, 1.807) is 0 Å². The highest BCUT2D eigenvalue weighted by molar-refractivity contribution is 6.30. The van der Waals surface area contributed by atoms with Crippen molar-refractivity contribution in [2.24, 2.45) is 5.92 Å². The van der Waals surface area contributed by atoms with Gasteiger partial charge in [-0.3, -0.25) is 14.9 Å². The number of rotatable bonds is 9. The first-order chi connectivity index (χ1) is 18.6. The molecule has 0 bridgehead atoms. The molecule has 0 unspecified atom stereocenters. The number of nitro groups is 1. The summed E-state index contributed by atoms with van der Waals surface area (Å²) in [5, 5.41) is 14.8. The molecule has 11 heteroatoms. The summed E-state index contributed by atoms with van der Waals surface area (Å²) in [6, 6.07) is 10.9. The zero-order valence-corrected chi connectivity index (χ0v) is 22.5. The number of hydrogen-bond donors (Lipinski definition) is 1. The number of carbonyl (C=O) groups excluding carboxylic acids is 1. The van der Waals surface area contributed by atoms with Crippen LogP contribution in [0.2, 0.25) is 5.02 Å². The summed E-state index contributed by atoms with van der Waals surface area (Å²) in [5.74, 6) is 0.783. The number of carbonyl (C=O) groups is 1. The number of piperidine rings is 2. The number of anilines is 1. The van der Waals surface area contributed by atoms with Gasteiger partial charge in [-0.1, -0.05) is 23.7 Å². The highest BCUT2D eigenvalue weighted by Gasteiger charge is 2.38. The van der Waals surface area contributed by atoms with Crippen molar-refractivity contribution in [1.82, 2.24) is 9.80 Å². The lowest BCUT2D eigenvalue weighted by Gasteiger charge is -2.34. The molecule has 7 nitrogen and oxygen atoms in total. The van der Waals surface area contributed by atoms with Gasteiger partial charge in [0.15, 0.2) is 0 Å². The van der Waals surface area contributed by atoms with Crippen LogP contribution >= 0.6 is 11.6 Å². The fourth-order valence-electron chi connectivity index (χ4n) is 5.50. The molecule has 212 valence electrons. The summed E-state index contributed by atoms with van der Waals surface area (Å²) in [5.41, 5.74) is -0.720. The molecule has 4 rings (SSSR count). The van der Waals surface area contributed by atoms with Crippen LogP contribution in [0.3, 0.4) is 0 Å². The third-order valence-electron chi connectivity index (χ3n) is 7.73. The lowest BCUT2D eigenvalue weighted by Crippen LogP contribution is -2.42. The van der Waals surface area contributed by atoms with Crippen molar-refractivity contribution in [3.63, 3.8) is 0 Å². The standard InChI is InChI=1S/C28H34ClF3N4O3/c29-22-5-3-20(4-6-22)18-21-9-14-34(15-10-21)13-1-2-27(37)35-16-11-23(12-17-35)33-24-7-8-26(36(38)39)25(19-24)28(30,31)32/h3-8,19,21,23,33H,1-2,9-18H2. The van der Waals surface area contributed by atoms with E-state index in [9.17, 15) is 28.1 Å². The average Bonchev–Trinajstić information content (AvgIpc) is 2.91. The molecule has 2 fully saturated rings. The van der Waals surface area contributed by atoms with Crippen molar-refractivity contribution in [2.75, 3.05) is 38.0 Å². The number of hydrogen-bond acceptors (Lipinski definition) is 5. The Morgan fingerprint density at radius 3 is 2.31 bits per heavy atom. The Hall–Kier alpha value is -2.85. The van der Waals surface area contributed by atoms with E-state index in [1.807, 2.05) is 17.0 Å². The second-order valence-corrected chi connectivity index (χ2v) is 10.9. The Bertz CT molecular complexity index is 1130. The molecule has 0 aromatic heterocycles. The molecule has 1 amide bonds. The normalized spacial score (nSPS) is 17.8. The Labute approximate surface area is 231 Å². The summed E-state index contributed by atoms with van der Waals surface area (Å²) in [7, 11) is 0. The van der Waals surface area contributed by atoms with E-state index < -0.39 is 22.4 Å². The third kappa shape index (κ3) is 8.32. The van der Waals surface area contributed by atoms with Crippen molar-refractivity contribution >= 4 is 28.9 Å². The number of alkyl halides is 3. The van der Waals surface area contributed by atoms with E-state index in [0.29, 0.717) is 38.3 Å². The van der Waals surface area contributed by atoms with E-state index in [4.69, 9.17) is 11.6 Å². The molecule has 2 saturated heterocycles. The predicted octanol–water partition coefficient (Wildman–Crippen LogP) is 6.40. The molecule has 0 spiro atoms. The SMILES string of the molecule is O=C(CCCN1CCC(Cc2ccc(Cl)cc2)CC1)N1CCC(Nc2ccc([N+](=O)[O-])c(C(F)(F)F)c2)CC1. The number of amides is 1. The Morgan fingerprint density at radius 1 is 1.03 bits per heavy atom. The molecule has 2 heterocycles. The fraction of sp³-hybridized carbons (Fsp3) is 0.536. The highest BCUT2D eigenvalue weighted by Crippen LogP contribution is 2.38. The van der Waals surface area contributed by atoms with Crippen LogP contribution < -0.4 is 5.32 Å². The van der Waals surface area contributed by atoms with E-state index in [1.165, 1.54) is 11.6 Å². The van der Waals surface area contributed by atoms with Gasteiger partial charge in [-0.15, -0.1) is 0 Å². The van der Waals surface area contributed by atoms with Gasteiger partial charge in [0.25, 0.3) is 5.69 Å². The lowest BCUT2D eigenvalue weighted by atomic mass is 9.90. The minimum atomic E-state index is -4.82. The minimum absolute atomic E-state index is 0.106. The Balaban J connectivity index is 1.14. The second kappa shape index (κ2) is 13.0. The van der Waals surface area contributed by atoms with Gasteiger partial charge in [0.2, 0.25) is 5.91 Å². The third-order valence-corrected chi connectivity index (χ3v) is 7.98. The maximum atomic E-state index is 13.3. The second-order valence-electron chi connectivity index (χ2n) is 10.5. The van der Waals surface area contributed by atoms with Crippen molar-refractivity contribution in [3.05, 3.63) is 68.7 Å². The summed E-state index contributed by atoms with van der Waals surface area (Å²) >= 11 is 5.97. The monoisotopic (exact) mass is 566 g/mol. The number of nitrogens with zero attached hydrogens (tertiary/aromatic N) is 3. The van der Waals surface area contributed by atoms with Crippen LogP contribution in [0.5, 0.6) is 0 Å². The zero-order chi connectivity index (χ0) is 28.0. The Morgan fingerprint density at radius 2 is 1.69 bits per heavy atom. The largest absolute Gasteiger partial charge is 0.423 e. The summed E-state index contributed by atoms with van der Waals surface area (Å²) in [4.78, 5) is 26.9. The van der Waals surface area contributed by atoms with Crippen molar-refractivity contribution < 1.29 is 22.9 Å². The summed E-state index contributed by atoms with van der Waals surface area (Å²) in [6.45, 7) is 4.06. The molecule has 0 atom stereocenters. The van der Waals surface area contributed by atoms with Gasteiger partial charge in [0, 0.05) is 42.3 Å². The highest BCUT2D eigenvalue weighted by atomic mass is 35.5. The van der Waals surface area contributed by atoms with Crippen LogP contribution in [-0.4, -0.2) is 59.4 Å². The fourth-order valence-corrected chi connectivity index (χ4v) is 5.63. The summed E-state index contributed by atoms with van der Waals surface area (Å²) < 4.78 is 39.8. The van der Waals surface area contributed by atoms with Gasteiger partial charge in [-0.25, -0.2) is 0 Å². The van der Waals surface area contributed by atoms with Gasteiger partial charge in [-0.2, -0.15) is 13.2 Å². The van der Waals surface area contributed by atoms with Crippen LogP contribution in [0, 0.1) is 16.0 Å². The van der Waals surface area contributed by atoms with Gasteiger partial charge >= 0.3 is 6.18 Å². The van der Waals surface area contributed by atoms with Gasteiger partial charge in [-0.05, 0) is 93.9 Å². The maximum Gasteiger partial charge on any atom is 0.423 e. The molecule has 0 aliphatic carbocycles. The Kier molecular flexibility index (Phi) is 9.71. The first-order valence-corrected chi connectivity index (χ1v) is 13.8. The van der Waals surface area contributed by atoms with Crippen LogP contribution in [-0.2, 0) is 17.4 Å². The van der Waals surface area contributed by atoms with E-state index in [0.717, 1.165) is 62.5 Å². The molecule has 0 saturated carbocycles. The molecule has 0 radical (unpaired) electrons. The lowest BCUT2D eigenvalue weighted by molar-refractivity contribution is -0.388. The topological polar surface area (TPSA) is 78.7 Å². The quantitative estimate of drug-likeness (QED) is 0.280. The van der Waals surface area contributed by atoms with Crippen molar-refractivity contribution in [1.29, 1.82) is 0 Å². The minimum Gasteiger partial charge on any atom is -0.382 e. The molecule has 2 aromatic carbocycles. The molecular formula is C28H34ClF3N4O3. The van der Waals surface area contributed by atoms with Crippen LogP contribution in [0.1, 0.15) is 49.7 Å². The van der Waals surface area contributed by atoms with Gasteiger partial charge in [0.05, 0.1) is 4.92 Å². The zero-order valence-electron chi connectivity index (χ0n) is 21.8. The van der Waals surface area contributed by atoms with E-state index in [2.05, 4.69) is 22.3 Å². The van der Waals surface area contributed by atoms with Crippen molar-refractivity contribution in [3.8, 4) is 0 Å². The first kappa shape index (κ1) is 29.1. The molecule has 39 heavy (non-hydrogen) atoms. The van der Waals surface area contributed by atoms with Crippen LogP contribution in [0.4, 0.5) is 24.5 Å². The number of nitrogens with one attached hydrogen (secondary N) is 1.